The molecule has 0 spiro atoms. The SMILES string of the molecule is CC#CC#CC#C[C@@H](O)CCO[C@@H]1O[C@H](CO)[C@@H](O)[C@H](O)[C@H]1O. The fourth-order valence-electron chi connectivity index (χ4n) is 1.82. The lowest BCUT2D eigenvalue weighted by Gasteiger charge is -2.39. The van der Waals surface area contributed by atoms with Crippen LogP contribution in [-0.4, -0.2) is 75.6 Å². The van der Waals surface area contributed by atoms with Crippen LogP contribution in [0.15, 0.2) is 0 Å². The van der Waals surface area contributed by atoms with Crippen LogP contribution in [0.3, 0.4) is 0 Å². The van der Waals surface area contributed by atoms with Gasteiger partial charge in [-0.2, -0.15) is 0 Å². The summed E-state index contributed by atoms with van der Waals surface area (Å²) in [5.41, 5.74) is 0. The van der Waals surface area contributed by atoms with Crippen LogP contribution in [0.25, 0.3) is 0 Å². The first-order valence-electron chi connectivity index (χ1n) is 7.03. The molecule has 0 aromatic heterocycles. The number of aliphatic hydroxyl groups excluding tert-OH is 5. The molecule has 0 saturated carbocycles. The molecule has 0 aliphatic carbocycles. The molecule has 0 aromatic carbocycles. The monoisotopic (exact) mass is 324 g/mol. The topological polar surface area (TPSA) is 120 Å². The van der Waals surface area contributed by atoms with E-state index in [9.17, 15) is 20.4 Å². The maximum Gasteiger partial charge on any atom is 0.186 e. The van der Waals surface area contributed by atoms with E-state index in [-0.39, 0.29) is 13.0 Å². The van der Waals surface area contributed by atoms with E-state index in [1.807, 2.05) is 0 Å². The van der Waals surface area contributed by atoms with Gasteiger partial charge in [0, 0.05) is 6.42 Å². The van der Waals surface area contributed by atoms with E-state index in [0.29, 0.717) is 0 Å². The Morgan fingerprint density at radius 2 is 1.74 bits per heavy atom. The summed E-state index contributed by atoms with van der Waals surface area (Å²) in [4.78, 5) is 0. The highest BCUT2D eigenvalue weighted by molar-refractivity contribution is 5.35. The molecule has 7 nitrogen and oxygen atoms in total. The zero-order valence-corrected chi connectivity index (χ0v) is 12.6. The van der Waals surface area contributed by atoms with Crippen LogP contribution >= 0.6 is 0 Å². The van der Waals surface area contributed by atoms with Crippen LogP contribution in [-0.2, 0) is 9.47 Å². The average Bonchev–Trinajstić information content (AvgIpc) is 2.54. The van der Waals surface area contributed by atoms with Crippen LogP contribution in [0.2, 0.25) is 0 Å². The standard InChI is InChI=1S/C16H20O7/c1-2-3-4-5-6-7-11(18)8-9-22-16-15(21)14(20)13(19)12(10-17)23-16/h11-21H,8-10H2,1H3/t11-,12-,13-,14+,15-,16-/m1/s1. The van der Waals surface area contributed by atoms with E-state index in [4.69, 9.17) is 14.6 Å². The van der Waals surface area contributed by atoms with Gasteiger partial charge in [-0.25, -0.2) is 0 Å². The summed E-state index contributed by atoms with van der Waals surface area (Å²) in [7, 11) is 0. The van der Waals surface area contributed by atoms with Gasteiger partial charge in [-0.3, -0.25) is 0 Å². The smallest absolute Gasteiger partial charge is 0.186 e. The van der Waals surface area contributed by atoms with Gasteiger partial charge in [0.25, 0.3) is 0 Å². The van der Waals surface area contributed by atoms with Crippen molar-refractivity contribution in [1.29, 1.82) is 0 Å². The summed E-state index contributed by atoms with van der Waals surface area (Å²) >= 11 is 0. The Kier molecular flexibility index (Phi) is 8.65. The van der Waals surface area contributed by atoms with E-state index in [1.165, 1.54) is 0 Å². The minimum absolute atomic E-state index is 0.0132. The van der Waals surface area contributed by atoms with E-state index < -0.39 is 43.4 Å². The van der Waals surface area contributed by atoms with Gasteiger partial charge in [-0.15, -0.1) is 0 Å². The predicted octanol–water partition coefficient (Wildman–Crippen LogP) is -2.42. The van der Waals surface area contributed by atoms with Crippen LogP contribution in [0, 0.1) is 35.5 Å². The van der Waals surface area contributed by atoms with Crippen molar-refractivity contribution in [1.82, 2.24) is 0 Å². The van der Waals surface area contributed by atoms with Crippen molar-refractivity contribution in [2.24, 2.45) is 0 Å². The van der Waals surface area contributed by atoms with Crippen LogP contribution < -0.4 is 0 Å². The highest BCUT2D eigenvalue weighted by Crippen LogP contribution is 2.22. The maximum atomic E-state index is 9.75. The molecule has 126 valence electrons. The van der Waals surface area contributed by atoms with Gasteiger partial charge in [0.05, 0.1) is 13.2 Å². The van der Waals surface area contributed by atoms with Crippen LogP contribution in [0.1, 0.15) is 13.3 Å². The Bertz CT molecular complexity index is 540. The lowest BCUT2D eigenvalue weighted by atomic mass is 9.99. The lowest BCUT2D eigenvalue weighted by Crippen LogP contribution is -2.59. The molecule has 0 amide bonds. The number of ether oxygens (including phenoxy) is 2. The van der Waals surface area contributed by atoms with Gasteiger partial charge in [0.15, 0.2) is 6.29 Å². The molecule has 0 radical (unpaired) electrons. The quantitative estimate of drug-likeness (QED) is 0.357. The Morgan fingerprint density at radius 1 is 1.04 bits per heavy atom. The molecule has 0 unspecified atom stereocenters. The molecule has 1 aliphatic rings. The van der Waals surface area contributed by atoms with Gasteiger partial charge in [0.2, 0.25) is 0 Å². The fraction of sp³-hybridized carbons (Fsp3) is 0.625. The summed E-state index contributed by atoms with van der Waals surface area (Å²) in [6.45, 7) is 1.10. The summed E-state index contributed by atoms with van der Waals surface area (Å²) in [6.07, 6.45) is -7.49. The molecule has 1 rings (SSSR count). The van der Waals surface area contributed by atoms with Crippen molar-refractivity contribution in [2.45, 2.75) is 50.2 Å². The molecule has 0 aromatic rings. The van der Waals surface area contributed by atoms with Gasteiger partial charge in [-0.1, -0.05) is 11.8 Å². The first-order chi connectivity index (χ1) is 11.0. The van der Waals surface area contributed by atoms with Gasteiger partial charge in [-0.05, 0) is 30.6 Å². The summed E-state index contributed by atoms with van der Waals surface area (Å²) in [5, 5.41) is 47.6. The Balaban J connectivity index is 2.42. The summed E-state index contributed by atoms with van der Waals surface area (Å²) < 4.78 is 10.4. The third-order valence-corrected chi connectivity index (χ3v) is 3.07. The first-order valence-corrected chi connectivity index (χ1v) is 7.03. The van der Waals surface area contributed by atoms with E-state index in [0.717, 1.165) is 0 Å². The van der Waals surface area contributed by atoms with Gasteiger partial charge < -0.3 is 35.0 Å². The second-order valence-corrected chi connectivity index (χ2v) is 4.77. The van der Waals surface area contributed by atoms with Crippen molar-refractivity contribution < 1.29 is 35.0 Å². The zero-order valence-electron chi connectivity index (χ0n) is 12.6. The van der Waals surface area contributed by atoms with E-state index in [1.54, 1.807) is 6.92 Å². The predicted molar refractivity (Wildman–Crippen MR) is 79.3 cm³/mol. The molecule has 23 heavy (non-hydrogen) atoms. The third kappa shape index (κ3) is 6.19. The first kappa shape index (κ1) is 19.4. The number of rotatable bonds is 5. The van der Waals surface area contributed by atoms with Gasteiger partial charge in [0.1, 0.15) is 30.5 Å². The zero-order chi connectivity index (χ0) is 17.2. The molecule has 0 bridgehead atoms. The second kappa shape index (κ2) is 10.2. The van der Waals surface area contributed by atoms with Crippen LogP contribution in [0.5, 0.6) is 0 Å². The molecule has 1 saturated heterocycles. The van der Waals surface area contributed by atoms with Crippen molar-refractivity contribution in [3.63, 3.8) is 0 Å². The molecule has 5 N–H and O–H groups in total. The fourth-order valence-corrected chi connectivity index (χ4v) is 1.82. The second-order valence-electron chi connectivity index (χ2n) is 4.77. The molecule has 1 fully saturated rings. The van der Waals surface area contributed by atoms with E-state index in [2.05, 4.69) is 35.5 Å². The Labute approximate surface area is 134 Å². The third-order valence-electron chi connectivity index (χ3n) is 3.07. The maximum absolute atomic E-state index is 9.75. The highest BCUT2D eigenvalue weighted by Gasteiger charge is 2.43. The Hall–Kier alpha value is -1.60. The van der Waals surface area contributed by atoms with E-state index >= 15 is 0 Å². The number of hydrogen-bond acceptors (Lipinski definition) is 7. The largest absolute Gasteiger partial charge is 0.394 e. The van der Waals surface area contributed by atoms with Gasteiger partial charge >= 0.3 is 0 Å². The number of hydrogen-bond donors (Lipinski definition) is 5. The average molecular weight is 324 g/mol. The molecule has 7 heteroatoms. The van der Waals surface area contributed by atoms with Crippen molar-refractivity contribution in [3.8, 4) is 35.5 Å². The molecule has 1 aliphatic heterocycles. The van der Waals surface area contributed by atoms with Crippen molar-refractivity contribution in [2.75, 3.05) is 13.2 Å². The summed E-state index contributed by atoms with van der Waals surface area (Å²) in [6, 6.07) is 0. The summed E-state index contributed by atoms with van der Waals surface area (Å²) in [5.74, 6) is 14.9. The highest BCUT2D eigenvalue weighted by atomic mass is 16.7. The van der Waals surface area contributed by atoms with Crippen molar-refractivity contribution in [3.05, 3.63) is 0 Å². The molecule has 6 atom stereocenters. The Morgan fingerprint density at radius 3 is 2.39 bits per heavy atom. The molecule has 1 heterocycles. The van der Waals surface area contributed by atoms with Crippen LogP contribution in [0.4, 0.5) is 0 Å². The minimum Gasteiger partial charge on any atom is -0.394 e. The number of aliphatic hydroxyl groups is 5. The minimum atomic E-state index is -1.49. The van der Waals surface area contributed by atoms with Crippen molar-refractivity contribution >= 4 is 0 Å². The molecular weight excluding hydrogens is 304 g/mol. The molecular formula is C16H20O7. The lowest BCUT2D eigenvalue weighted by molar-refractivity contribution is -0.301. The normalized spacial score (nSPS) is 30.8.